The minimum atomic E-state index is 0.212. The van der Waals surface area contributed by atoms with E-state index in [1.807, 2.05) is 0 Å². The van der Waals surface area contributed by atoms with Crippen LogP contribution in [0.25, 0.3) is 0 Å². The standard InChI is InChI=1S/C26H43B/c1-17-10-18-11-19-13-24(5,6)16-25(7,8)14-20(19)22(23(2,3)4)21(18)15-26(9,27)12-17/h11,17H,10,12-16,27H2,1-9H3. The van der Waals surface area contributed by atoms with E-state index in [0.29, 0.717) is 16.1 Å². The van der Waals surface area contributed by atoms with Crippen molar-refractivity contribution in [1.29, 1.82) is 0 Å². The van der Waals surface area contributed by atoms with Crippen LogP contribution >= 0.6 is 0 Å². The number of benzene rings is 1. The second-order valence-corrected chi connectivity index (χ2v) is 13.5. The molecule has 1 heteroatoms. The lowest BCUT2D eigenvalue weighted by Crippen LogP contribution is -2.25. The van der Waals surface area contributed by atoms with Gasteiger partial charge in [0.25, 0.3) is 0 Å². The maximum atomic E-state index is 2.65. The van der Waals surface area contributed by atoms with Crippen LogP contribution in [0.2, 0.25) is 5.31 Å². The third-order valence-electron chi connectivity index (χ3n) is 6.88. The van der Waals surface area contributed by atoms with Gasteiger partial charge in [0.15, 0.2) is 0 Å². The Hall–Kier alpha value is -0.715. The van der Waals surface area contributed by atoms with Crippen LogP contribution in [0.4, 0.5) is 0 Å². The van der Waals surface area contributed by atoms with Crippen LogP contribution in [0.1, 0.15) is 103 Å². The van der Waals surface area contributed by atoms with Gasteiger partial charge in [-0.1, -0.05) is 80.1 Å². The molecule has 150 valence electrons. The summed E-state index contributed by atoms with van der Waals surface area (Å²) in [7, 11) is 2.49. The van der Waals surface area contributed by atoms with E-state index >= 15 is 0 Å². The highest BCUT2D eigenvalue weighted by molar-refractivity contribution is 6.15. The molecule has 0 aliphatic heterocycles. The number of hydrogen-bond acceptors (Lipinski definition) is 0. The summed E-state index contributed by atoms with van der Waals surface area (Å²) in [5, 5.41) is 0.401. The van der Waals surface area contributed by atoms with E-state index in [-0.39, 0.29) is 5.41 Å². The zero-order valence-electron chi connectivity index (χ0n) is 19.9. The van der Waals surface area contributed by atoms with Crippen LogP contribution in [-0.4, -0.2) is 7.85 Å². The van der Waals surface area contributed by atoms with Gasteiger partial charge in [0, 0.05) is 0 Å². The van der Waals surface area contributed by atoms with Gasteiger partial charge >= 0.3 is 0 Å². The number of rotatable bonds is 0. The van der Waals surface area contributed by atoms with E-state index in [4.69, 9.17) is 0 Å². The second kappa shape index (κ2) is 6.40. The first-order valence-corrected chi connectivity index (χ1v) is 11.3. The van der Waals surface area contributed by atoms with E-state index < -0.39 is 0 Å². The molecular weight excluding hydrogens is 323 g/mol. The summed E-state index contributed by atoms with van der Waals surface area (Å²) in [6.45, 7) is 22.3. The van der Waals surface area contributed by atoms with Crippen LogP contribution in [0.3, 0.4) is 0 Å². The highest BCUT2D eigenvalue weighted by Gasteiger charge is 2.39. The molecule has 0 radical (unpaired) electrons. The predicted molar refractivity (Wildman–Crippen MR) is 123 cm³/mol. The molecule has 2 unspecified atom stereocenters. The minimum absolute atomic E-state index is 0.212. The van der Waals surface area contributed by atoms with Gasteiger partial charge < -0.3 is 0 Å². The van der Waals surface area contributed by atoms with Crippen molar-refractivity contribution in [2.75, 3.05) is 0 Å². The largest absolute Gasteiger partial charge is 0.109 e. The third-order valence-corrected chi connectivity index (χ3v) is 6.88. The zero-order valence-corrected chi connectivity index (χ0v) is 19.9. The van der Waals surface area contributed by atoms with Gasteiger partial charge in [0.05, 0.1) is 0 Å². The first-order chi connectivity index (χ1) is 12.1. The normalized spacial score (nSPS) is 30.0. The van der Waals surface area contributed by atoms with Gasteiger partial charge in [0.1, 0.15) is 7.85 Å². The number of fused-ring (bicyclic) bond motifs is 2. The summed E-state index contributed by atoms with van der Waals surface area (Å²) in [6, 6.07) is 2.65. The summed E-state index contributed by atoms with van der Waals surface area (Å²) >= 11 is 0. The van der Waals surface area contributed by atoms with Crippen LogP contribution < -0.4 is 0 Å². The van der Waals surface area contributed by atoms with Gasteiger partial charge in [-0.3, -0.25) is 0 Å². The highest BCUT2D eigenvalue weighted by Crippen LogP contribution is 2.49. The predicted octanol–water partition coefficient (Wildman–Crippen LogP) is 6.46. The summed E-state index contributed by atoms with van der Waals surface area (Å²) in [5.74, 6) is 0.780. The molecule has 1 aromatic rings. The molecule has 1 aromatic carbocycles. The summed E-state index contributed by atoms with van der Waals surface area (Å²) in [6.07, 6.45) is 7.63. The molecule has 0 saturated carbocycles. The van der Waals surface area contributed by atoms with Gasteiger partial charge in [-0.05, 0) is 82.1 Å². The topological polar surface area (TPSA) is 0 Å². The SMILES string of the molecule is BC1(C)Cc2c(cc3c(c2C(C)(C)C)CC(C)(C)CC(C)(C)C3)CC(C)C1. The molecule has 0 spiro atoms. The summed E-state index contributed by atoms with van der Waals surface area (Å²) in [4.78, 5) is 0. The molecule has 0 N–H and O–H groups in total. The van der Waals surface area contributed by atoms with Crippen LogP contribution in [0.5, 0.6) is 0 Å². The summed E-state index contributed by atoms with van der Waals surface area (Å²) in [5.41, 5.74) is 9.44. The molecule has 27 heavy (non-hydrogen) atoms. The fourth-order valence-electron chi connectivity index (χ4n) is 6.89. The molecular formula is C26H43B. The lowest BCUT2D eigenvalue weighted by molar-refractivity contribution is 0.203. The molecule has 0 fully saturated rings. The lowest BCUT2D eigenvalue weighted by Gasteiger charge is -2.34. The maximum Gasteiger partial charge on any atom is 0.109 e. The fraction of sp³-hybridized carbons (Fsp3) is 0.769. The Balaban J connectivity index is 2.31. The molecule has 0 saturated heterocycles. The van der Waals surface area contributed by atoms with Crippen molar-refractivity contribution in [3.63, 3.8) is 0 Å². The molecule has 0 nitrogen and oxygen atoms in total. The highest BCUT2D eigenvalue weighted by atomic mass is 14.4. The van der Waals surface area contributed by atoms with E-state index in [1.165, 1.54) is 38.5 Å². The van der Waals surface area contributed by atoms with Crippen molar-refractivity contribution in [3.05, 3.63) is 33.9 Å². The molecule has 0 bridgehead atoms. The average Bonchev–Trinajstić information content (AvgIpc) is 2.54. The summed E-state index contributed by atoms with van der Waals surface area (Å²) < 4.78 is 0. The van der Waals surface area contributed by atoms with Gasteiger partial charge in [-0.15, -0.1) is 0 Å². The first-order valence-electron chi connectivity index (χ1n) is 11.3. The Bertz CT molecular complexity index is 728. The maximum absolute atomic E-state index is 2.65. The Morgan fingerprint density at radius 3 is 2.04 bits per heavy atom. The molecule has 2 aliphatic rings. The van der Waals surface area contributed by atoms with Crippen molar-refractivity contribution in [2.24, 2.45) is 16.7 Å². The van der Waals surface area contributed by atoms with Crippen LogP contribution in [-0.2, 0) is 31.1 Å². The average molecular weight is 366 g/mol. The Morgan fingerprint density at radius 1 is 0.889 bits per heavy atom. The van der Waals surface area contributed by atoms with E-state index in [2.05, 4.69) is 76.2 Å². The van der Waals surface area contributed by atoms with Crippen molar-refractivity contribution in [1.82, 2.24) is 0 Å². The smallest absolute Gasteiger partial charge is 0.0666 e. The quantitative estimate of drug-likeness (QED) is 0.365. The van der Waals surface area contributed by atoms with Gasteiger partial charge in [0.2, 0.25) is 0 Å². The van der Waals surface area contributed by atoms with Crippen molar-refractivity contribution < 1.29 is 0 Å². The van der Waals surface area contributed by atoms with Gasteiger partial charge in [-0.2, -0.15) is 0 Å². The number of hydrogen-bond donors (Lipinski definition) is 0. The Kier molecular flexibility index (Phi) is 4.98. The third kappa shape index (κ3) is 4.49. The zero-order chi connectivity index (χ0) is 20.4. The van der Waals surface area contributed by atoms with Crippen LogP contribution in [0.15, 0.2) is 6.07 Å². The monoisotopic (exact) mass is 366 g/mol. The van der Waals surface area contributed by atoms with Crippen molar-refractivity contribution in [2.45, 2.75) is 112 Å². The first kappa shape index (κ1) is 21.0. The van der Waals surface area contributed by atoms with Crippen molar-refractivity contribution in [3.8, 4) is 0 Å². The van der Waals surface area contributed by atoms with Gasteiger partial charge in [-0.25, -0.2) is 0 Å². The molecule has 2 aliphatic carbocycles. The molecule has 2 atom stereocenters. The van der Waals surface area contributed by atoms with E-state index in [0.717, 1.165) is 5.92 Å². The lowest BCUT2D eigenvalue weighted by atomic mass is 9.62. The Morgan fingerprint density at radius 2 is 1.44 bits per heavy atom. The molecule has 3 rings (SSSR count). The second-order valence-electron chi connectivity index (χ2n) is 13.5. The van der Waals surface area contributed by atoms with E-state index in [9.17, 15) is 0 Å². The molecule has 0 aromatic heterocycles. The van der Waals surface area contributed by atoms with Crippen molar-refractivity contribution >= 4 is 7.85 Å². The fourth-order valence-corrected chi connectivity index (χ4v) is 6.89. The van der Waals surface area contributed by atoms with E-state index in [1.54, 1.807) is 27.8 Å². The van der Waals surface area contributed by atoms with Crippen LogP contribution in [0, 0.1) is 16.7 Å². The molecule has 0 amide bonds. The molecule has 0 heterocycles. The minimum Gasteiger partial charge on any atom is -0.0666 e. The Labute approximate surface area is 170 Å².